The van der Waals surface area contributed by atoms with Gasteiger partial charge in [0.2, 0.25) is 0 Å². The second-order valence-electron chi connectivity index (χ2n) is 6.05. The van der Waals surface area contributed by atoms with Crippen LogP contribution in [0.4, 0.5) is 5.69 Å². The first-order chi connectivity index (χ1) is 13.2. The fourth-order valence-corrected chi connectivity index (χ4v) is 3.59. The number of aromatic nitrogens is 2. The number of rotatable bonds is 4. The molecule has 0 bridgehead atoms. The highest BCUT2D eigenvalue weighted by Gasteiger charge is 2.09. The number of nitrogens with one attached hydrogen (secondary N) is 1. The van der Waals surface area contributed by atoms with Gasteiger partial charge in [-0.2, -0.15) is 5.26 Å². The smallest absolute Gasteiger partial charge is 0.136 e. The Morgan fingerprint density at radius 3 is 2.70 bits per heavy atom. The van der Waals surface area contributed by atoms with Gasteiger partial charge in [0.05, 0.1) is 16.9 Å². The maximum atomic E-state index is 9.59. The van der Waals surface area contributed by atoms with Crippen LogP contribution in [0.15, 0.2) is 72.2 Å². The third-order valence-corrected chi connectivity index (χ3v) is 5.03. The van der Waals surface area contributed by atoms with Crippen LogP contribution in [-0.4, -0.2) is 9.97 Å². The number of hydrogen-bond acceptors (Lipinski definition) is 5. The normalized spacial score (nSPS) is 11.3. The van der Waals surface area contributed by atoms with E-state index in [0.717, 1.165) is 33.5 Å². The lowest BCUT2D eigenvalue weighted by atomic mass is 10.1. The predicted molar refractivity (Wildman–Crippen MR) is 111 cm³/mol. The number of nitrogens with zero attached hydrogens (tertiary/aromatic N) is 3. The molecule has 0 aliphatic heterocycles. The zero-order chi connectivity index (χ0) is 18.6. The van der Waals surface area contributed by atoms with E-state index in [0.29, 0.717) is 10.6 Å². The summed E-state index contributed by atoms with van der Waals surface area (Å²) in [7, 11) is 0. The minimum Gasteiger partial charge on any atom is -0.359 e. The van der Waals surface area contributed by atoms with Crippen LogP contribution < -0.4 is 5.32 Å². The van der Waals surface area contributed by atoms with Gasteiger partial charge in [0.25, 0.3) is 0 Å². The van der Waals surface area contributed by atoms with Gasteiger partial charge in [-0.25, -0.2) is 4.98 Å². The van der Waals surface area contributed by atoms with Gasteiger partial charge < -0.3 is 5.32 Å². The Hall–Kier alpha value is -3.49. The van der Waals surface area contributed by atoms with Gasteiger partial charge in [0.15, 0.2) is 0 Å². The number of nitriles is 1. The summed E-state index contributed by atoms with van der Waals surface area (Å²) in [5, 5.41) is 16.5. The molecule has 0 aliphatic rings. The van der Waals surface area contributed by atoms with Gasteiger partial charge in [-0.15, -0.1) is 11.3 Å². The first-order valence-electron chi connectivity index (χ1n) is 8.49. The van der Waals surface area contributed by atoms with Gasteiger partial charge in [-0.05, 0) is 19.1 Å². The van der Waals surface area contributed by atoms with Crippen LogP contribution in [0.3, 0.4) is 0 Å². The first-order valence-corrected chi connectivity index (χ1v) is 9.37. The van der Waals surface area contributed by atoms with Crippen molar-refractivity contribution in [2.45, 2.75) is 6.92 Å². The first kappa shape index (κ1) is 17.0. The van der Waals surface area contributed by atoms with Gasteiger partial charge in [-0.3, -0.25) is 4.98 Å². The summed E-state index contributed by atoms with van der Waals surface area (Å²) >= 11 is 1.46. The van der Waals surface area contributed by atoms with E-state index in [-0.39, 0.29) is 0 Å². The molecule has 2 aromatic carbocycles. The molecule has 0 fully saturated rings. The van der Waals surface area contributed by atoms with Gasteiger partial charge in [-0.1, -0.05) is 48.5 Å². The SMILES string of the molecule is Cc1ccc2cccc(NC=C(C#N)c3nc(-c4ccccc4)cs3)c2n1. The molecule has 130 valence electrons. The second kappa shape index (κ2) is 7.40. The molecule has 4 aromatic rings. The molecular weight excluding hydrogens is 352 g/mol. The monoisotopic (exact) mass is 368 g/mol. The van der Waals surface area contributed by atoms with E-state index in [4.69, 9.17) is 0 Å². The fourth-order valence-electron chi connectivity index (χ4n) is 2.79. The zero-order valence-corrected chi connectivity index (χ0v) is 15.5. The standard InChI is InChI=1S/C22H16N4S/c1-15-10-11-17-8-5-9-19(21(17)25-15)24-13-18(12-23)22-26-20(14-27-22)16-6-3-2-4-7-16/h2-11,13-14,24H,1H3. The number of allylic oxidation sites excluding steroid dienone is 1. The molecule has 0 amide bonds. The van der Waals surface area contributed by atoms with Gasteiger partial charge in [0, 0.05) is 28.2 Å². The van der Waals surface area contributed by atoms with E-state index < -0.39 is 0 Å². The van der Waals surface area contributed by atoms with Crippen molar-refractivity contribution in [3.05, 3.63) is 82.9 Å². The van der Waals surface area contributed by atoms with Crippen LogP contribution in [0.25, 0.3) is 27.7 Å². The average Bonchev–Trinajstić information content (AvgIpc) is 3.19. The third kappa shape index (κ3) is 3.57. The highest BCUT2D eigenvalue weighted by atomic mass is 32.1. The number of benzene rings is 2. The Morgan fingerprint density at radius 1 is 1.04 bits per heavy atom. The van der Waals surface area contributed by atoms with E-state index in [2.05, 4.69) is 21.4 Å². The number of para-hydroxylation sites is 1. The molecule has 1 N–H and O–H groups in total. The van der Waals surface area contributed by atoms with Crippen molar-refractivity contribution in [3.8, 4) is 17.3 Å². The lowest BCUT2D eigenvalue weighted by Gasteiger charge is -2.06. The van der Waals surface area contributed by atoms with Crippen molar-refractivity contribution in [2.75, 3.05) is 5.32 Å². The number of hydrogen-bond donors (Lipinski definition) is 1. The molecule has 0 spiro atoms. The topological polar surface area (TPSA) is 61.6 Å². The van der Waals surface area contributed by atoms with Crippen molar-refractivity contribution in [1.29, 1.82) is 5.26 Å². The summed E-state index contributed by atoms with van der Waals surface area (Å²) in [6.45, 7) is 1.97. The molecule has 4 nitrogen and oxygen atoms in total. The van der Waals surface area contributed by atoms with Crippen molar-refractivity contribution in [3.63, 3.8) is 0 Å². The number of aryl methyl sites for hydroxylation is 1. The summed E-state index contributed by atoms with van der Waals surface area (Å²) in [4.78, 5) is 9.22. The number of thiazole rings is 1. The molecule has 0 unspecified atom stereocenters. The second-order valence-corrected chi connectivity index (χ2v) is 6.91. The molecule has 27 heavy (non-hydrogen) atoms. The van der Waals surface area contributed by atoms with Gasteiger partial charge >= 0.3 is 0 Å². The van der Waals surface area contributed by atoms with Crippen LogP contribution in [-0.2, 0) is 0 Å². The summed E-state index contributed by atoms with van der Waals surface area (Å²) in [5.74, 6) is 0. The largest absolute Gasteiger partial charge is 0.359 e. The summed E-state index contributed by atoms with van der Waals surface area (Å²) in [6.07, 6.45) is 1.70. The van der Waals surface area contributed by atoms with Crippen molar-refractivity contribution in [2.24, 2.45) is 0 Å². The Bertz CT molecular complexity index is 1170. The van der Waals surface area contributed by atoms with Gasteiger partial charge in [0.1, 0.15) is 16.6 Å². The van der Waals surface area contributed by atoms with E-state index in [1.165, 1.54) is 11.3 Å². The quantitative estimate of drug-likeness (QED) is 0.473. The molecule has 0 saturated carbocycles. The van der Waals surface area contributed by atoms with Crippen molar-refractivity contribution in [1.82, 2.24) is 9.97 Å². The molecule has 0 aliphatic carbocycles. The van der Waals surface area contributed by atoms with E-state index in [1.807, 2.05) is 73.0 Å². The summed E-state index contributed by atoms with van der Waals surface area (Å²) in [5.41, 5.74) is 5.11. The van der Waals surface area contributed by atoms with Crippen molar-refractivity contribution < 1.29 is 0 Å². The van der Waals surface area contributed by atoms with Crippen LogP contribution >= 0.6 is 11.3 Å². The maximum absolute atomic E-state index is 9.59. The molecule has 2 heterocycles. The lowest BCUT2D eigenvalue weighted by molar-refractivity contribution is 1.25. The maximum Gasteiger partial charge on any atom is 0.136 e. The van der Waals surface area contributed by atoms with Crippen LogP contribution in [0.2, 0.25) is 0 Å². The summed E-state index contributed by atoms with van der Waals surface area (Å²) in [6, 6.07) is 22.2. The number of fused-ring (bicyclic) bond motifs is 1. The summed E-state index contributed by atoms with van der Waals surface area (Å²) < 4.78 is 0. The Kier molecular flexibility index (Phi) is 4.65. The molecular formula is C22H16N4S. The Morgan fingerprint density at radius 2 is 1.89 bits per heavy atom. The van der Waals surface area contributed by atoms with Crippen LogP contribution in [0.1, 0.15) is 10.7 Å². The lowest BCUT2D eigenvalue weighted by Crippen LogP contribution is -1.94. The van der Waals surface area contributed by atoms with E-state index in [1.54, 1.807) is 6.20 Å². The zero-order valence-electron chi connectivity index (χ0n) is 14.7. The third-order valence-electron chi connectivity index (χ3n) is 4.16. The Labute approximate surface area is 161 Å². The van der Waals surface area contributed by atoms with E-state index in [9.17, 15) is 5.26 Å². The highest BCUT2D eigenvalue weighted by molar-refractivity contribution is 7.11. The molecule has 0 radical (unpaired) electrons. The fraction of sp³-hybridized carbons (Fsp3) is 0.0455. The van der Waals surface area contributed by atoms with Crippen LogP contribution in [0, 0.1) is 18.3 Å². The van der Waals surface area contributed by atoms with E-state index >= 15 is 0 Å². The minimum absolute atomic E-state index is 0.492. The average molecular weight is 368 g/mol. The molecule has 0 saturated heterocycles. The van der Waals surface area contributed by atoms with Crippen LogP contribution in [0.5, 0.6) is 0 Å². The number of anilines is 1. The predicted octanol–water partition coefficient (Wildman–Crippen LogP) is 5.64. The number of pyridine rings is 1. The molecule has 5 heteroatoms. The molecule has 4 rings (SSSR count). The Balaban J connectivity index is 1.65. The molecule has 2 aromatic heterocycles. The highest BCUT2D eigenvalue weighted by Crippen LogP contribution is 2.27. The van der Waals surface area contributed by atoms with Crippen molar-refractivity contribution >= 4 is 33.5 Å². The molecule has 0 atom stereocenters. The minimum atomic E-state index is 0.492.